The molecule has 5 nitrogen and oxygen atoms in total. The molecule has 4 rings (SSSR count). The molecule has 0 aliphatic carbocycles. The van der Waals surface area contributed by atoms with Gasteiger partial charge in [-0.05, 0) is 61.2 Å². The van der Waals surface area contributed by atoms with E-state index in [1.807, 2.05) is 61.5 Å². The molecule has 1 aliphatic rings. The number of rotatable bonds is 6. The number of sulfonamides is 1. The van der Waals surface area contributed by atoms with Crippen LogP contribution in [0, 0.1) is 6.92 Å². The minimum atomic E-state index is -3.77. The van der Waals surface area contributed by atoms with E-state index in [0.29, 0.717) is 19.6 Å². The number of nitrogens with zero attached hydrogens (tertiary/aromatic N) is 2. The van der Waals surface area contributed by atoms with Crippen LogP contribution in [0.1, 0.15) is 40.7 Å². The first-order valence-electron chi connectivity index (χ1n) is 11.1. The minimum absolute atomic E-state index is 0.0131. The van der Waals surface area contributed by atoms with E-state index >= 15 is 0 Å². The van der Waals surface area contributed by atoms with Crippen molar-refractivity contribution in [1.29, 1.82) is 0 Å². The van der Waals surface area contributed by atoms with Crippen molar-refractivity contribution in [3.05, 3.63) is 94.5 Å². The van der Waals surface area contributed by atoms with E-state index in [9.17, 15) is 13.2 Å². The second-order valence-electron chi connectivity index (χ2n) is 8.33. The van der Waals surface area contributed by atoms with Gasteiger partial charge in [0.1, 0.15) is 4.90 Å². The molecule has 172 valence electrons. The van der Waals surface area contributed by atoms with Gasteiger partial charge < -0.3 is 4.90 Å². The molecule has 1 fully saturated rings. The third kappa shape index (κ3) is 5.29. The Morgan fingerprint density at radius 1 is 0.939 bits per heavy atom. The molecule has 1 heterocycles. The third-order valence-electron chi connectivity index (χ3n) is 5.85. The first-order valence-corrected chi connectivity index (χ1v) is 12.9. The Kier molecular flexibility index (Phi) is 7.17. The molecule has 0 atom stereocenters. The van der Waals surface area contributed by atoms with Crippen molar-refractivity contribution in [2.75, 3.05) is 18.0 Å². The highest BCUT2D eigenvalue weighted by Gasteiger charge is 2.29. The Labute approximate surface area is 200 Å². The average molecular weight is 483 g/mol. The van der Waals surface area contributed by atoms with Crippen molar-refractivity contribution in [3.63, 3.8) is 0 Å². The fraction of sp³-hybridized carbons (Fsp3) is 0.269. The number of benzene rings is 3. The molecule has 0 saturated carbocycles. The third-order valence-corrected chi connectivity index (χ3v) is 8.23. The molecule has 1 amide bonds. The van der Waals surface area contributed by atoms with Crippen LogP contribution in [-0.4, -0.2) is 31.7 Å². The molecule has 3 aromatic rings. The molecule has 0 radical (unpaired) electrons. The molecule has 7 heteroatoms. The molecule has 1 saturated heterocycles. The summed E-state index contributed by atoms with van der Waals surface area (Å²) in [6.45, 7) is 3.28. The summed E-state index contributed by atoms with van der Waals surface area (Å²) >= 11 is 6.32. The van der Waals surface area contributed by atoms with Crippen molar-refractivity contribution in [3.8, 4) is 0 Å². The fourth-order valence-electron chi connectivity index (χ4n) is 4.08. The van der Waals surface area contributed by atoms with Gasteiger partial charge in [-0.15, -0.1) is 0 Å². The van der Waals surface area contributed by atoms with Gasteiger partial charge in [-0.25, -0.2) is 8.42 Å². The molecule has 0 bridgehead atoms. The summed E-state index contributed by atoms with van der Waals surface area (Å²) in [5, 5.41) is 0.127. The van der Waals surface area contributed by atoms with E-state index in [-0.39, 0.29) is 21.4 Å². The molecule has 33 heavy (non-hydrogen) atoms. The summed E-state index contributed by atoms with van der Waals surface area (Å²) in [5.41, 5.74) is 3.04. The van der Waals surface area contributed by atoms with Crippen LogP contribution in [0.3, 0.4) is 0 Å². The smallest absolute Gasteiger partial charge is 0.258 e. The maximum atomic E-state index is 13.7. The monoisotopic (exact) mass is 482 g/mol. The van der Waals surface area contributed by atoms with Gasteiger partial charge in [0, 0.05) is 24.3 Å². The van der Waals surface area contributed by atoms with Crippen LogP contribution in [0.2, 0.25) is 5.02 Å². The predicted molar refractivity (Wildman–Crippen MR) is 132 cm³/mol. The minimum Gasteiger partial charge on any atom is -0.304 e. The molecule has 0 N–H and O–H groups in total. The summed E-state index contributed by atoms with van der Waals surface area (Å²) in [5.74, 6) is -0.281. The van der Waals surface area contributed by atoms with Crippen LogP contribution in [0.4, 0.5) is 5.69 Å². The van der Waals surface area contributed by atoms with Gasteiger partial charge in [0.2, 0.25) is 10.0 Å². The van der Waals surface area contributed by atoms with E-state index in [1.54, 1.807) is 11.0 Å². The molecule has 0 aromatic heterocycles. The van der Waals surface area contributed by atoms with Gasteiger partial charge >= 0.3 is 0 Å². The van der Waals surface area contributed by atoms with Crippen molar-refractivity contribution in [1.82, 2.24) is 4.31 Å². The number of halogens is 1. The van der Waals surface area contributed by atoms with E-state index in [0.717, 1.165) is 36.1 Å². The maximum Gasteiger partial charge on any atom is 0.258 e. The Morgan fingerprint density at radius 3 is 2.36 bits per heavy atom. The SMILES string of the molecule is Cc1cccc(N(Cc2ccccc2)C(=O)c2ccc(Cl)c(S(=O)(=O)N3CCCCC3)c2)c1. The second-order valence-corrected chi connectivity index (χ2v) is 10.6. The quantitative estimate of drug-likeness (QED) is 0.454. The highest BCUT2D eigenvalue weighted by molar-refractivity contribution is 7.89. The van der Waals surface area contributed by atoms with E-state index in [4.69, 9.17) is 11.6 Å². The first-order chi connectivity index (χ1) is 15.9. The van der Waals surface area contributed by atoms with Crippen LogP contribution in [-0.2, 0) is 16.6 Å². The Morgan fingerprint density at radius 2 is 1.67 bits per heavy atom. The topological polar surface area (TPSA) is 57.7 Å². The number of piperidine rings is 1. The Bertz CT molecular complexity index is 1240. The lowest BCUT2D eigenvalue weighted by Crippen LogP contribution is -2.36. The maximum absolute atomic E-state index is 13.7. The summed E-state index contributed by atoms with van der Waals surface area (Å²) in [4.78, 5) is 15.4. The molecule has 1 aliphatic heterocycles. The standard InChI is InChI=1S/C26H27ClN2O3S/c1-20-9-8-12-23(17-20)29(19-21-10-4-2-5-11-21)26(30)22-13-14-24(27)25(18-22)33(31,32)28-15-6-3-7-16-28/h2,4-5,8-14,17-18H,3,6-7,15-16,19H2,1H3. The lowest BCUT2D eigenvalue weighted by atomic mass is 10.1. The normalized spacial score (nSPS) is 14.7. The van der Waals surface area contributed by atoms with Crippen LogP contribution in [0.15, 0.2) is 77.7 Å². The van der Waals surface area contributed by atoms with Crippen molar-refractivity contribution in [2.45, 2.75) is 37.6 Å². The molecule has 3 aromatic carbocycles. The van der Waals surface area contributed by atoms with Gasteiger partial charge in [0.05, 0.1) is 11.6 Å². The summed E-state index contributed by atoms with van der Waals surface area (Å²) < 4.78 is 28.0. The van der Waals surface area contributed by atoms with Crippen molar-refractivity contribution >= 4 is 33.2 Å². The number of aryl methyl sites for hydroxylation is 1. The van der Waals surface area contributed by atoms with Crippen LogP contribution in [0.25, 0.3) is 0 Å². The van der Waals surface area contributed by atoms with Gasteiger partial charge in [0.15, 0.2) is 0 Å². The summed E-state index contributed by atoms with van der Waals surface area (Å²) in [6.07, 6.45) is 2.67. The van der Waals surface area contributed by atoms with Gasteiger partial charge in [-0.2, -0.15) is 4.31 Å². The molecule has 0 unspecified atom stereocenters. The zero-order chi connectivity index (χ0) is 23.4. The van der Waals surface area contributed by atoms with Crippen molar-refractivity contribution < 1.29 is 13.2 Å². The van der Waals surface area contributed by atoms with E-state index in [2.05, 4.69) is 0 Å². The average Bonchev–Trinajstić information content (AvgIpc) is 2.83. The number of anilines is 1. The van der Waals surface area contributed by atoms with Crippen LogP contribution < -0.4 is 4.90 Å². The lowest BCUT2D eigenvalue weighted by Gasteiger charge is -2.27. The highest BCUT2D eigenvalue weighted by atomic mass is 35.5. The summed E-state index contributed by atoms with van der Waals surface area (Å²) in [7, 11) is -3.77. The number of carbonyl (C=O) groups is 1. The highest BCUT2D eigenvalue weighted by Crippen LogP contribution is 2.29. The molecular weight excluding hydrogens is 456 g/mol. The number of hydrogen-bond donors (Lipinski definition) is 0. The first kappa shape index (κ1) is 23.5. The number of amides is 1. The fourth-order valence-corrected chi connectivity index (χ4v) is 6.09. The number of carbonyl (C=O) groups excluding carboxylic acids is 1. The second kappa shape index (κ2) is 10.1. The zero-order valence-corrected chi connectivity index (χ0v) is 20.1. The Hall–Kier alpha value is -2.67. The molecular formula is C26H27ClN2O3S. The largest absolute Gasteiger partial charge is 0.304 e. The summed E-state index contributed by atoms with van der Waals surface area (Å²) in [6, 6.07) is 21.9. The van der Waals surface area contributed by atoms with Crippen LogP contribution >= 0.6 is 11.6 Å². The van der Waals surface area contributed by atoms with E-state index < -0.39 is 10.0 Å². The lowest BCUT2D eigenvalue weighted by molar-refractivity contribution is 0.0985. The zero-order valence-electron chi connectivity index (χ0n) is 18.6. The predicted octanol–water partition coefficient (Wildman–Crippen LogP) is 5.67. The van der Waals surface area contributed by atoms with Gasteiger partial charge in [0.25, 0.3) is 5.91 Å². The molecule has 0 spiro atoms. The Balaban J connectivity index is 1.72. The number of hydrogen-bond acceptors (Lipinski definition) is 3. The van der Waals surface area contributed by atoms with Gasteiger partial charge in [-0.3, -0.25) is 4.79 Å². The van der Waals surface area contributed by atoms with E-state index in [1.165, 1.54) is 16.4 Å². The van der Waals surface area contributed by atoms with Gasteiger partial charge in [-0.1, -0.05) is 60.5 Å². The van der Waals surface area contributed by atoms with Crippen molar-refractivity contribution in [2.24, 2.45) is 0 Å². The van der Waals surface area contributed by atoms with Crippen LogP contribution in [0.5, 0.6) is 0 Å².